The first-order chi connectivity index (χ1) is 15.7. The van der Waals surface area contributed by atoms with Gasteiger partial charge in [-0.05, 0) is 37.1 Å². The molecule has 2 aromatic carbocycles. The molecular weight excluding hydrogens is 423 g/mol. The van der Waals surface area contributed by atoms with Crippen LogP contribution in [0.25, 0.3) is 0 Å². The Morgan fingerprint density at radius 1 is 0.875 bits per heavy atom. The highest BCUT2D eigenvalue weighted by atomic mass is 31.2. The molecule has 2 N–H and O–H groups in total. The summed E-state index contributed by atoms with van der Waals surface area (Å²) >= 11 is 0. The molecule has 0 bridgehead atoms. The summed E-state index contributed by atoms with van der Waals surface area (Å²) in [6.07, 6.45) is 3.30. The van der Waals surface area contributed by atoms with Gasteiger partial charge in [0.2, 0.25) is 0 Å². The zero-order valence-corrected chi connectivity index (χ0v) is 20.7. The fraction of sp³-hybridized carbons (Fsp3) is 0.480. The number of amides is 1. The van der Waals surface area contributed by atoms with Crippen molar-refractivity contribution < 1.29 is 23.7 Å². The van der Waals surface area contributed by atoms with E-state index in [1.807, 2.05) is 64.1 Å². The molecule has 0 aromatic heterocycles. The van der Waals surface area contributed by atoms with Crippen LogP contribution in [-0.2, 0) is 9.36 Å². The quantitative estimate of drug-likeness (QED) is 0.610. The third-order valence-corrected chi connectivity index (χ3v) is 7.51. The van der Waals surface area contributed by atoms with E-state index in [4.69, 9.17) is 9.05 Å². The smallest absolute Gasteiger partial charge is 0.415 e. The van der Waals surface area contributed by atoms with Crippen LogP contribution < -0.4 is 14.4 Å². The normalized spacial score (nSPS) is 19.8. The Morgan fingerprint density at radius 2 is 1.41 bits per heavy atom. The number of quaternary nitrogens is 1. The van der Waals surface area contributed by atoms with Gasteiger partial charge in [-0.25, -0.2) is 4.57 Å². The van der Waals surface area contributed by atoms with Crippen LogP contribution in [0.4, 0.5) is 0 Å². The lowest BCUT2D eigenvalue weighted by molar-refractivity contribution is -0.658. The lowest BCUT2D eigenvalue weighted by atomic mass is 10.2. The highest BCUT2D eigenvalue weighted by Gasteiger charge is 2.49. The third-order valence-electron chi connectivity index (χ3n) is 5.31. The molecule has 2 fully saturated rings. The van der Waals surface area contributed by atoms with Gasteiger partial charge >= 0.3 is 7.60 Å². The second kappa shape index (κ2) is 13.3. The van der Waals surface area contributed by atoms with Gasteiger partial charge in [0, 0.05) is 19.4 Å². The van der Waals surface area contributed by atoms with Gasteiger partial charge in [0.1, 0.15) is 11.5 Å². The molecule has 2 aliphatic heterocycles. The molecule has 0 saturated carbocycles. The summed E-state index contributed by atoms with van der Waals surface area (Å²) in [5.74, 6) is 0.435. The topological polar surface area (TPSA) is 72.5 Å². The zero-order valence-electron chi connectivity index (χ0n) is 19.8. The summed E-state index contributed by atoms with van der Waals surface area (Å²) in [5.41, 5.74) is 0. The molecule has 1 unspecified atom stereocenters. The first kappa shape index (κ1) is 26.0. The Kier molecular flexibility index (Phi) is 10.8. The molecule has 176 valence electrons. The number of hydrogen-bond donors (Lipinski definition) is 1. The summed E-state index contributed by atoms with van der Waals surface area (Å²) < 4.78 is 26.0. The van der Waals surface area contributed by atoms with Gasteiger partial charge in [0.25, 0.3) is 5.91 Å². The van der Waals surface area contributed by atoms with Crippen molar-refractivity contribution in [3.8, 4) is 11.5 Å². The van der Waals surface area contributed by atoms with E-state index in [-0.39, 0.29) is 11.9 Å². The molecule has 2 aromatic rings. The van der Waals surface area contributed by atoms with Gasteiger partial charge in [0.05, 0.1) is 6.54 Å². The van der Waals surface area contributed by atoms with Crippen LogP contribution >= 0.6 is 7.60 Å². The van der Waals surface area contributed by atoms with Gasteiger partial charge in [0.15, 0.2) is 11.8 Å². The predicted molar refractivity (Wildman–Crippen MR) is 129 cm³/mol. The van der Waals surface area contributed by atoms with E-state index in [0.717, 1.165) is 25.8 Å². The Hall–Kier alpha value is -2.30. The highest BCUT2D eigenvalue weighted by molar-refractivity contribution is 7.55. The van der Waals surface area contributed by atoms with Crippen LogP contribution in [0.15, 0.2) is 60.7 Å². The summed E-state index contributed by atoms with van der Waals surface area (Å²) in [5, 5.41) is 2.08. The summed E-state index contributed by atoms with van der Waals surface area (Å²) in [4.78, 5) is 14.8. The highest BCUT2D eigenvalue weighted by Crippen LogP contribution is 2.57. The first-order valence-corrected chi connectivity index (χ1v) is 13.5. The number of carbonyl (C=O) groups excluding carboxylic acids is 1. The second-order valence-corrected chi connectivity index (χ2v) is 9.32. The molecule has 0 aliphatic carbocycles. The minimum absolute atomic E-state index is 0.0496. The Balaban J connectivity index is 0.000000860. The standard InChI is InChI=1S/C21H25N2O4P.2C2H6/c24-21(19-13-7-15-22-19)23-16-8-14-20(23)28(25,26-17-9-3-1-4-10-17)27-18-11-5-2-6-12-18;2*1-2/h1-6,9-12,19-20,22H,7-8,13-16H2;2*1-2H3/p+1/t19-,20?;;/m0../s1. The average Bonchev–Trinajstić information content (AvgIpc) is 3.56. The monoisotopic (exact) mass is 461 g/mol. The van der Waals surface area contributed by atoms with Crippen LogP contribution in [-0.4, -0.2) is 35.7 Å². The van der Waals surface area contributed by atoms with Crippen molar-refractivity contribution in [2.24, 2.45) is 0 Å². The van der Waals surface area contributed by atoms with Gasteiger partial charge in [-0.2, -0.15) is 0 Å². The number of likely N-dealkylation sites (tertiary alicyclic amines) is 1. The van der Waals surface area contributed by atoms with Crippen LogP contribution in [0, 0.1) is 0 Å². The van der Waals surface area contributed by atoms with Crippen molar-refractivity contribution in [3.63, 3.8) is 0 Å². The van der Waals surface area contributed by atoms with Gasteiger partial charge in [-0.15, -0.1) is 0 Å². The number of nitrogens with two attached hydrogens (primary N) is 1. The van der Waals surface area contributed by atoms with Crippen molar-refractivity contribution in [2.45, 2.75) is 65.2 Å². The molecule has 0 radical (unpaired) electrons. The van der Waals surface area contributed by atoms with Crippen molar-refractivity contribution in [3.05, 3.63) is 60.7 Å². The van der Waals surface area contributed by atoms with E-state index in [1.165, 1.54) is 0 Å². The molecular formula is C25H38N2O4P+. The fourth-order valence-electron chi connectivity index (χ4n) is 3.94. The number of para-hydroxylation sites is 2. The molecule has 4 rings (SSSR count). The lowest BCUT2D eigenvalue weighted by Crippen LogP contribution is -2.89. The maximum absolute atomic E-state index is 14.0. The van der Waals surface area contributed by atoms with E-state index in [9.17, 15) is 9.36 Å². The van der Waals surface area contributed by atoms with E-state index < -0.39 is 13.4 Å². The maximum atomic E-state index is 14.0. The van der Waals surface area contributed by atoms with Crippen molar-refractivity contribution >= 4 is 13.5 Å². The Labute approximate surface area is 192 Å². The van der Waals surface area contributed by atoms with Crippen LogP contribution in [0.3, 0.4) is 0 Å². The second-order valence-electron chi connectivity index (χ2n) is 7.28. The van der Waals surface area contributed by atoms with E-state index in [0.29, 0.717) is 24.5 Å². The number of rotatable bonds is 6. The first-order valence-electron chi connectivity index (χ1n) is 11.9. The Morgan fingerprint density at radius 3 is 1.88 bits per heavy atom. The summed E-state index contributed by atoms with van der Waals surface area (Å²) in [7, 11) is -3.67. The zero-order chi connectivity index (χ0) is 23.4. The maximum Gasteiger partial charge on any atom is 0.453 e. The molecule has 2 aliphatic rings. The lowest BCUT2D eigenvalue weighted by Gasteiger charge is -2.31. The minimum Gasteiger partial charge on any atom is -0.415 e. The molecule has 2 atom stereocenters. The van der Waals surface area contributed by atoms with Gasteiger partial charge in [-0.1, -0.05) is 64.1 Å². The largest absolute Gasteiger partial charge is 0.453 e. The van der Waals surface area contributed by atoms with Gasteiger partial charge in [-0.3, -0.25) is 4.79 Å². The average molecular weight is 462 g/mol. The van der Waals surface area contributed by atoms with E-state index in [1.54, 1.807) is 29.2 Å². The van der Waals surface area contributed by atoms with E-state index in [2.05, 4.69) is 5.32 Å². The van der Waals surface area contributed by atoms with Crippen molar-refractivity contribution in [2.75, 3.05) is 13.1 Å². The molecule has 2 saturated heterocycles. The van der Waals surface area contributed by atoms with Crippen LogP contribution in [0.5, 0.6) is 11.5 Å². The predicted octanol–water partition coefficient (Wildman–Crippen LogP) is 5.06. The van der Waals surface area contributed by atoms with Crippen LogP contribution in [0.2, 0.25) is 0 Å². The molecule has 1 amide bonds. The number of carbonyl (C=O) groups is 1. The molecule has 32 heavy (non-hydrogen) atoms. The molecule has 6 nitrogen and oxygen atoms in total. The molecule has 7 heteroatoms. The SMILES string of the molecule is CC.CC.O=C([C@@H]1CCC[NH2+]1)N1CCCC1P(=O)(Oc1ccccc1)Oc1ccccc1. The fourth-order valence-corrected chi connectivity index (χ4v) is 6.13. The third kappa shape index (κ3) is 6.60. The van der Waals surface area contributed by atoms with E-state index >= 15 is 0 Å². The van der Waals surface area contributed by atoms with Gasteiger partial charge < -0.3 is 19.3 Å². The molecule has 0 spiro atoms. The molecule has 2 heterocycles. The summed E-state index contributed by atoms with van der Waals surface area (Å²) in [6.45, 7) is 9.56. The Bertz CT molecular complexity index is 796. The van der Waals surface area contributed by atoms with Crippen molar-refractivity contribution in [1.29, 1.82) is 0 Å². The number of benzene rings is 2. The minimum atomic E-state index is -3.67. The van der Waals surface area contributed by atoms with Crippen LogP contribution in [0.1, 0.15) is 53.4 Å². The number of nitrogens with zero attached hydrogens (tertiary/aromatic N) is 1. The van der Waals surface area contributed by atoms with Crippen molar-refractivity contribution in [1.82, 2.24) is 4.90 Å². The summed E-state index contributed by atoms with van der Waals surface area (Å²) in [6, 6.07) is 18.0. The number of hydrogen-bond acceptors (Lipinski definition) is 4.